The molecule has 0 saturated carbocycles. The van der Waals surface area contributed by atoms with E-state index < -0.39 is 46.0 Å². The van der Waals surface area contributed by atoms with E-state index in [1.165, 1.54) is 0 Å². The summed E-state index contributed by atoms with van der Waals surface area (Å²) in [6, 6.07) is 9.04. The Morgan fingerprint density at radius 2 is 1.04 bits per heavy atom. The number of nitrogens with zero attached hydrogens (tertiary/aromatic N) is 4. The molecule has 0 fully saturated rings. The number of hydrogen-bond donors (Lipinski definition) is 2. The second-order valence-electron chi connectivity index (χ2n) is 11.1. The van der Waals surface area contributed by atoms with Crippen molar-refractivity contribution in [2.75, 3.05) is 10.6 Å². The molecule has 0 amide bonds. The largest absolute Gasteiger partial charge is 0.382 e. The maximum atomic E-state index is 14.3. The normalized spacial score (nSPS) is 11.3. The Morgan fingerprint density at radius 1 is 0.583 bits per heavy atom. The molecule has 2 aromatic carbocycles. The highest BCUT2D eigenvalue weighted by Gasteiger charge is 2.25. The van der Waals surface area contributed by atoms with Crippen LogP contribution in [0.4, 0.5) is 37.8 Å². The van der Waals surface area contributed by atoms with Crippen LogP contribution in [-0.2, 0) is 0 Å². The lowest BCUT2D eigenvalue weighted by Crippen LogP contribution is -2.13. The minimum absolute atomic E-state index is 0.0425. The Morgan fingerprint density at radius 3 is 1.54 bits per heavy atom. The number of nitrogens with one attached hydrogen (secondary N) is 2. The Balaban J connectivity index is 0.000000188. The summed E-state index contributed by atoms with van der Waals surface area (Å²) < 4.78 is 83.6. The Hall–Kier alpha value is -4.68. The fraction of sp³-hybridized carbons (Fsp3) is 0.176. The van der Waals surface area contributed by atoms with Gasteiger partial charge in [0.25, 0.3) is 0 Å². The summed E-state index contributed by atoms with van der Waals surface area (Å²) in [5.74, 6) is -6.02. The lowest BCUT2D eigenvalue weighted by molar-refractivity contribution is 0.547. The molecule has 2 N–H and O–H groups in total. The molecule has 6 nitrogen and oxygen atoms in total. The molecule has 0 atom stereocenters. The second-order valence-corrected chi connectivity index (χ2v) is 11.9. The molecule has 0 bridgehead atoms. The highest BCUT2D eigenvalue weighted by Crippen LogP contribution is 2.42. The molecule has 6 rings (SSSR count). The number of fused-ring (bicyclic) bond motifs is 2. The van der Waals surface area contributed by atoms with Crippen molar-refractivity contribution < 1.29 is 26.3 Å². The predicted molar refractivity (Wildman–Crippen MR) is 177 cm³/mol. The van der Waals surface area contributed by atoms with Crippen LogP contribution < -0.4 is 10.6 Å². The second kappa shape index (κ2) is 14.2. The highest BCUT2D eigenvalue weighted by atomic mass is 35.5. The summed E-state index contributed by atoms with van der Waals surface area (Å²) >= 11 is 12.6. The van der Waals surface area contributed by atoms with Gasteiger partial charge in [-0.25, -0.2) is 46.3 Å². The summed E-state index contributed by atoms with van der Waals surface area (Å²) in [7, 11) is 0. The van der Waals surface area contributed by atoms with Gasteiger partial charge < -0.3 is 10.6 Å². The van der Waals surface area contributed by atoms with Crippen LogP contribution in [-0.4, -0.2) is 32.0 Å². The number of anilines is 2. The van der Waals surface area contributed by atoms with Crippen LogP contribution in [0.2, 0.25) is 10.2 Å². The minimum atomic E-state index is -1.05. The predicted octanol–water partition coefficient (Wildman–Crippen LogP) is 10.4. The number of halogens is 8. The Bertz CT molecular complexity index is 2050. The quantitative estimate of drug-likeness (QED) is 0.133. The number of aromatic nitrogens is 4. The van der Waals surface area contributed by atoms with Gasteiger partial charge in [0.1, 0.15) is 45.9 Å². The van der Waals surface area contributed by atoms with Gasteiger partial charge in [-0.05, 0) is 52.0 Å². The van der Waals surface area contributed by atoms with Crippen molar-refractivity contribution in [2.24, 2.45) is 0 Å². The van der Waals surface area contributed by atoms with Crippen LogP contribution in [0.15, 0.2) is 60.9 Å². The van der Waals surface area contributed by atoms with Gasteiger partial charge in [0, 0.05) is 70.6 Å². The highest BCUT2D eigenvalue weighted by molar-refractivity contribution is 6.38. The van der Waals surface area contributed by atoms with E-state index in [2.05, 4.69) is 30.6 Å². The first-order valence-corrected chi connectivity index (χ1v) is 15.2. The van der Waals surface area contributed by atoms with Gasteiger partial charge in [0.05, 0.1) is 21.8 Å². The van der Waals surface area contributed by atoms with E-state index in [1.54, 1.807) is 36.7 Å². The summed E-state index contributed by atoms with van der Waals surface area (Å²) in [6.45, 7) is 7.44. The molecule has 0 radical (unpaired) electrons. The first-order valence-electron chi connectivity index (χ1n) is 14.5. The van der Waals surface area contributed by atoms with E-state index in [4.69, 9.17) is 23.2 Å². The fourth-order valence-corrected chi connectivity index (χ4v) is 5.56. The summed E-state index contributed by atoms with van der Waals surface area (Å²) in [6.07, 6.45) is 3.09. The van der Waals surface area contributed by atoms with Gasteiger partial charge in [-0.15, -0.1) is 0 Å². The van der Waals surface area contributed by atoms with Gasteiger partial charge in [-0.3, -0.25) is 0 Å². The van der Waals surface area contributed by atoms with E-state index in [1.807, 2.05) is 27.7 Å². The molecule has 14 heteroatoms. The molecule has 4 heterocycles. The van der Waals surface area contributed by atoms with Crippen molar-refractivity contribution in [2.45, 2.75) is 39.8 Å². The van der Waals surface area contributed by atoms with Crippen molar-refractivity contribution in [1.82, 2.24) is 19.9 Å². The molecule has 0 spiro atoms. The fourth-order valence-electron chi connectivity index (χ4n) is 4.96. The van der Waals surface area contributed by atoms with Gasteiger partial charge in [0.2, 0.25) is 0 Å². The average Bonchev–Trinajstić information content (AvgIpc) is 2.99. The van der Waals surface area contributed by atoms with Crippen molar-refractivity contribution in [3.63, 3.8) is 0 Å². The van der Waals surface area contributed by atoms with Crippen molar-refractivity contribution in [1.29, 1.82) is 0 Å². The molecule has 0 aliphatic carbocycles. The van der Waals surface area contributed by atoms with E-state index >= 15 is 0 Å². The Labute approximate surface area is 281 Å². The number of benzene rings is 2. The SMILES string of the molecule is CC(C)Nc1c(-c2c(F)cc(F)cc2F)c(Cl)nc2ncccc12.CC(C)Nc1nc2ncccc2c(Cl)c1-c1c(F)cc(F)cc1F. The molecular weight excluding hydrogens is 677 g/mol. The van der Waals surface area contributed by atoms with Gasteiger partial charge in [0.15, 0.2) is 11.3 Å². The molecule has 0 saturated heterocycles. The number of rotatable bonds is 6. The molecule has 248 valence electrons. The van der Waals surface area contributed by atoms with Crippen LogP contribution in [0.1, 0.15) is 27.7 Å². The molecule has 0 unspecified atom stereocenters. The first kappa shape index (κ1) is 34.6. The zero-order valence-electron chi connectivity index (χ0n) is 25.7. The molecule has 48 heavy (non-hydrogen) atoms. The van der Waals surface area contributed by atoms with E-state index in [-0.39, 0.29) is 39.2 Å². The van der Waals surface area contributed by atoms with E-state index in [0.717, 1.165) is 0 Å². The van der Waals surface area contributed by atoms with E-state index in [0.29, 0.717) is 52.0 Å². The monoisotopic (exact) mass is 702 g/mol. The van der Waals surface area contributed by atoms with Crippen LogP contribution in [0.5, 0.6) is 0 Å². The standard InChI is InChI=1S/2C17H13ClF3N3/c1-8(2)23-15-10-4-3-5-22-17(10)24-16(18)14(15)13-11(20)6-9(19)7-12(13)21;1-8(2)23-17-14(13-11(20)6-9(19)7-12(13)21)15(18)10-4-3-5-22-16(10)24-17/h2*3-8H,1-2H3,(H,22,23,24). The number of pyridine rings is 4. The third kappa shape index (κ3) is 7.09. The summed E-state index contributed by atoms with van der Waals surface area (Å²) in [4.78, 5) is 16.7. The van der Waals surface area contributed by atoms with Crippen LogP contribution in [0.3, 0.4) is 0 Å². The summed E-state index contributed by atoms with van der Waals surface area (Å²) in [5.41, 5.74) is 0.319. The van der Waals surface area contributed by atoms with Gasteiger partial charge >= 0.3 is 0 Å². The topological polar surface area (TPSA) is 75.6 Å². The van der Waals surface area contributed by atoms with E-state index in [9.17, 15) is 26.3 Å². The zero-order valence-corrected chi connectivity index (χ0v) is 27.3. The molecule has 6 aromatic rings. The lowest BCUT2D eigenvalue weighted by Gasteiger charge is -2.19. The van der Waals surface area contributed by atoms with Crippen molar-refractivity contribution >= 4 is 56.8 Å². The number of hydrogen-bond acceptors (Lipinski definition) is 6. The van der Waals surface area contributed by atoms with Gasteiger partial charge in [-0.1, -0.05) is 23.2 Å². The maximum absolute atomic E-state index is 14.3. The average molecular weight is 704 g/mol. The first-order chi connectivity index (χ1) is 22.8. The van der Waals surface area contributed by atoms with Crippen molar-refractivity contribution in [3.05, 3.63) is 106 Å². The van der Waals surface area contributed by atoms with Crippen LogP contribution in [0.25, 0.3) is 44.3 Å². The smallest absolute Gasteiger partial charge is 0.163 e. The van der Waals surface area contributed by atoms with Gasteiger partial charge in [-0.2, -0.15) is 0 Å². The maximum Gasteiger partial charge on any atom is 0.163 e. The third-order valence-electron chi connectivity index (χ3n) is 6.79. The minimum Gasteiger partial charge on any atom is -0.382 e. The molecular formula is C34H26Cl2F6N6. The summed E-state index contributed by atoms with van der Waals surface area (Å²) in [5, 5.41) is 7.14. The molecule has 0 aliphatic heterocycles. The molecule has 4 aromatic heterocycles. The lowest BCUT2D eigenvalue weighted by atomic mass is 10.0. The Kier molecular flexibility index (Phi) is 10.3. The zero-order chi connectivity index (χ0) is 34.9. The molecule has 0 aliphatic rings. The van der Waals surface area contributed by atoms with Crippen LogP contribution >= 0.6 is 23.2 Å². The third-order valence-corrected chi connectivity index (χ3v) is 7.45. The van der Waals surface area contributed by atoms with Crippen LogP contribution in [0, 0.1) is 34.9 Å². The van der Waals surface area contributed by atoms with Crippen molar-refractivity contribution in [3.8, 4) is 22.3 Å².